The van der Waals surface area contributed by atoms with Gasteiger partial charge in [-0.15, -0.1) is 0 Å². The molecule has 0 heterocycles. The van der Waals surface area contributed by atoms with E-state index in [1.165, 1.54) is 33.4 Å². The van der Waals surface area contributed by atoms with Crippen LogP contribution in [0.4, 0.5) is 0 Å². The van der Waals surface area contributed by atoms with Crippen LogP contribution in [0, 0.1) is 0 Å². The van der Waals surface area contributed by atoms with E-state index in [1.54, 1.807) is 0 Å². The quantitative estimate of drug-likeness (QED) is 0.672. The van der Waals surface area contributed by atoms with Gasteiger partial charge in [-0.05, 0) is 52.7 Å². The first-order valence-corrected chi connectivity index (χ1v) is 7.92. The second-order valence-electron chi connectivity index (χ2n) is 5.49. The Morgan fingerprint density at radius 2 is 1.10 bits per heavy atom. The zero-order valence-corrected chi connectivity index (χ0v) is 12.9. The zero-order valence-electron chi connectivity index (χ0n) is 12.9. The molecular formula is C21H22. The van der Waals surface area contributed by atoms with E-state index in [-0.39, 0.29) is 0 Å². The van der Waals surface area contributed by atoms with Gasteiger partial charge >= 0.3 is 0 Å². The normalized spacial score (nSPS) is 14.0. The second-order valence-corrected chi connectivity index (χ2v) is 5.49. The molecule has 2 aromatic rings. The molecule has 0 atom stereocenters. The number of benzene rings is 2. The highest BCUT2D eigenvalue weighted by Gasteiger charge is 2.17. The van der Waals surface area contributed by atoms with Gasteiger partial charge in [-0.2, -0.15) is 0 Å². The Bertz CT molecular complexity index is 640. The van der Waals surface area contributed by atoms with Crippen LogP contribution in [-0.2, 0) is 12.8 Å². The van der Waals surface area contributed by atoms with Crippen molar-refractivity contribution in [3.05, 3.63) is 82.9 Å². The van der Waals surface area contributed by atoms with E-state index in [2.05, 4.69) is 74.5 Å². The van der Waals surface area contributed by atoms with Gasteiger partial charge in [0.1, 0.15) is 0 Å². The smallest absolute Gasteiger partial charge is 0.0142 e. The summed E-state index contributed by atoms with van der Waals surface area (Å²) in [5.74, 6) is 0. The maximum atomic E-state index is 2.37. The predicted octanol–water partition coefficient (Wildman–Crippen LogP) is 5.68. The van der Waals surface area contributed by atoms with Gasteiger partial charge in [0, 0.05) is 0 Å². The first-order valence-electron chi connectivity index (χ1n) is 7.92. The Kier molecular flexibility index (Phi) is 4.06. The highest BCUT2D eigenvalue weighted by molar-refractivity contribution is 6.08. The lowest BCUT2D eigenvalue weighted by atomic mass is 9.88. The molecule has 0 fully saturated rings. The third-order valence-electron chi connectivity index (χ3n) is 4.31. The molecule has 106 valence electrons. The van der Waals surface area contributed by atoms with Gasteiger partial charge in [0.2, 0.25) is 0 Å². The molecule has 3 rings (SSSR count). The monoisotopic (exact) mass is 274 g/mol. The molecule has 0 radical (unpaired) electrons. The molecule has 0 aliphatic heterocycles. The van der Waals surface area contributed by atoms with Crippen LogP contribution in [0.1, 0.15) is 42.5 Å². The molecule has 0 saturated carbocycles. The number of hydrogen-bond donors (Lipinski definition) is 0. The number of allylic oxidation sites excluding steroid dienone is 4. The molecule has 0 unspecified atom stereocenters. The van der Waals surface area contributed by atoms with Gasteiger partial charge < -0.3 is 0 Å². The average Bonchev–Trinajstić information content (AvgIpc) is 3.04. The first-order chi connectivity index (χ1) is 10.3. The Hall–Kier alpha value is -2.08. The summed E-state index contributed by atoms with van der Waals surface area (Å²) in [5.41, 5.74) is 8.49. The van der Waals surface area contributed by atoms with Crippen molar-refractivity contribution in [2.24, 2.45) is 0 Å². The van der Waals surface area contributed by atoms with Crippen molar-refractivity contribution >= 4 is 11.1 Å². The minimum absolute atomic E-state index is 1.04. The van der Waals surface area contributed by atoms with Crippen molar-refractivity contribution in [3.63, 3.8) is 0 Å². The van der Waals surface area contributed by atoms with Gasteiger partial charge in [-0.25, -0.2) is 0 Å². The largest absolute Gasteiger partial charge is 0.0722 e. The molecule has 0 N–H and O–H groups in total. The Balaban J connectivity index is 2.07. The van der Waals surface area contributed by atoms with E-state index < -0.39 is 0 Å². The lowest BCUT2D eigenvalue weighted by molar-refractivity contribution is 1.12. The lowest BCUT2D eigenvalue weighted by Gasteiger charge is -2.16. The van der Waals surface area contributed by atoms with Crippen LogP contribution < -0.4 is 0 Å². The molecule has 0 bridgehead atoms. The third-order valence-corrected chi connectivity index (χ3v) is 4.31. The van der Waals surface area contributed by atoms with E-state index >= 15 is 0 Å². The van der Waals surface area contributed by atoms with Crippen LogP contribution in [0.15, 0.2) is 60.7 Å². The van der Waals surface area contributed by atoms with Crippen LogP contribution in [0.2, 0.25) is 0 Å². The minimum atomic E-state index is 1.04. The zero-order chi connectivity index (χ0) is 14.7. The summed E-state index contributed by atoms with van der Waals surface area (Å²) in [6.45, 7) is 4.47. The van der Waals surface area contributed by atoms with Gasteiger partial charge in [0.15, 0.2) is 0 Å². The van der Waals surface area contributed by atoms with Crippen LogP contribution in [0.25, 0.3) is 11.1 Å². The van der Waals surface area contributed by atoms with Crippen LogP contribution in [0.5, 0.6) is 0 Å². The maximum Gasteiger partial charge on any atom is -0.0142 e. The molecule has 0 heteroatoms. The molecule has 1 aliphatic carbocycles. The average molecular weight is 274 g/mol. The van der Waals surface area contributed by atoms with Crippen LogP contribution in [0.3, 0.4) is 0 Å². The predicted molar refractivity (Wildman–Crippen MR) is 92.2 cm³/mol. The fourth-order valence-corrected chi connectivity index (χ4v) is 3.21. The molecular weight excluding hydrogens is 252 g/mol. The summed E-state index contributed by atoms with van der Waals surface area (Å²) in [5, 5.41) is 0. The maximum absolute atomic E-state index is 2.37. The topological polar surface area (TPSA) is 0 Å². The molecule has 0 amide bonds. The molecule has 0 spiro atoms. The van der Waals surface area contributed by atoms with Crippen molar-refractivity contribution in [2.75, 3.05) is 0 Å². The summed E-state index contributed by atoms with van der Waals surface area (Å²) >= 11 is 0. The highest BCUT2D eigenvalue weighted by atomic mass is 14.2. The summed E-state index contributed by atoms with van der Waals surface area (Å²) < 4.78 is 0. The van der Waals surface area contributed by atoms with Crippen molar-refractivity contribution in [2.45, 2.75) is 33.1 Å². The van der Waals surface area contributed by atoms with E-state index in [0.29, 0.717) is 0 Å². The van der Waals surface area contributed by atoms with E-state index in [0.717, 1.165) is 19.3 Å². The Labute approximate surface area is 127 Å². The van der Waals surface area contributed by atoms with Crippen molar-refractivity contribution < 1.29 is 0 Å². The highest BCUT2D eigenvalue weighted by Crippen LogP contribution is 2.39. The van der Waals surface area contributed by atoms with Crippen molar-refractivity contribution in [3.8, 4) is 0 Å². The fourth-order valence-electron chi connectivity index (χ4n) is 3.21. The van der Waals surface area contributed by atoms with Crippen LogP contribution in [-0.4, -0.2) is 0 Å². The van der Waals surface area contributed by atoms with E-state index in [4.69, 9.17) is 0 Å². The Morgan fingerprint density at radius 1 is 0.667 bits per heavy atom. The van der Waals surface area contributed by atoms with Gasteiger partial charge in [0.25, 0.3) is 0 Å². The number of hydrogen-bond acceptors (Lipinski definition) is 0. The van der Waals surface area contributed by atoms with Crippen molar-refractivity contribution in [1.29, 1.82) is 0 Å². The number of rotatable bonds is 4. The number of aryl methyl sites for hydroxylation is 2. The molecule has 0 aromatic heterocycles. The summed E-state index contributed by atoms with van der Waals surface area (Å²) in [6, 6.07) is 17.6. The van der Waals surface area contributed by atoms with Gasteiger partial charge in [-0.1, -0.05) is 74.5 Å². The minimum Gasteiger partial charge on any atom is -0.0722 e. The lowest BCUT2D eigenvalue weighted by Crippen LogP contribution is -1.96. The van der Waals surface area contributed by atoms with Gasteiger partial charge in [0.05, 0.1) is 0 Å². The third kappa shape index (κ3) is 2.58. The molecule has 0 saturated heterocycles. The van der Waals surface area contributed by atoms with Crippen molar-refractivity contribution in [1.82, 2.24) is 0 Å². The van der Waals surface area contributed by atoms with Gasteiger partial charge in [-0.3, -0.25) is 0 Å². The molecule has 0 nitrogen and oxygen atoms in total. The summed E-state index contributed by atoms with van der Waals surface area (Å²) in [6.07, 6.45) is 7.94. The molecule has 21 heavy (non-hydrogen) atoms. The molecule has 1 aliphatic rings. The summed E-state index contributed by atoms with van der Waals surface area (Å²) in [4.78, 5) is 0. The summed E-state index contributed by atoms with van der Waals surface area (Å²) in [7, 11) is 0. The van der Waals surface area contributed by atoms with E-state index in [9.17, 15) is 0 Å². The standard InChI is InChI=1S/C21H22/c1-3-16-10-5-7-12-18(16)20-14-9-15-21(20)19-13-8-6-11-17(19)4-2/h5-8,10-15H,3-4,9H2,1-2H3. The molecule has 2 aromatic carbocycles. The fraction of sp³-hybridized carbons (Fsp3) is 0.238. The SMILES string of the molecule is CCc1ccccc1C1=CCC=C1c1ccccc1CC. The second kappa shape index (κ2) is 6.13. The van der Waals surface area contributed by atoms with Crippen LogP contribution >= 0.6 is 0 Å². The first kappa shape index (κ1) is 13.9. The van der Waals surface area contributed by atoms with E-state index in [1.807, 2.05) is 0 Å². The Morgan fingerprint density at radius 3 is 1.52 bits per heavy atom.